The SMILES string of the molecule is CC(Nc1ccc(F)c(F)c1)c1cc(C(=O)N[C@H]2CCN(C(=O)OC(C)(C)C)C2)cc2ncc(N3CCOCC3)nc12.CC(Nc1ccc(F)c(F)c1)c1cc(C(=O)N[C@H]2CCN(C(=O)OC(C)(C)C)C2)cc2ncc(N3CCOCC3)nc12.CC(Nc1ccc(F)c(F)c1)c1cc(C(=O)N[C@H]2CCN(C(=O)OC(C)(C)C)C2)cc2ncc(N3CCOCC3)nc12.S.S.S. The predicted molar refractivity (Wildman–Crippen MR) is 495 cm³/mol. The number of amides is 6. The number of likely N-dealkylation sites (tertiary alicyclic amines) is 3. The molecule has 6 atom stereocenters. The Morgan fingerprint density at radius 2 is 0.612 bits per heavy atom. The van der Waals surface area contributed by atoms with E-state index >= 15 is 0 Å². The van der Waals surface area contributed by atoms with Crippen LogP contribution in [0.2, 0.25) is 0 Å². The average molecular weight is 1850 g/mol. The van der Waals surface area contributed by atoms with Crippen molar-refractivity contribution in [1.82, 2.24) is 60.6 Å². The lowest BCUT2D eigenvalue weighted by Crippen LogP contribution is -2.40. The van der Waals surface area contributed by atoms with Crippen LogP contribution in [0.25, 0.3) is 33.1 Å². The molecule has 30 nitrogen and oxygen atoms in total. The predicted octanol–water partition coefficient (Wildman–Crippen LogP) is 14.3. The number of nitrogens with zero attached hydrogens (tertiary/aromatic N) is 12. The number of rotatable bonds is 18. The maximum Gasteiger partial charge on any atom is 0.410 e. The fourth-order valence-electron chi connectivity index (χ4n) is 15.3. The molecule has 6 N–H and O–H groups in total. The van der Waals surface area contributed by atoms with Crippen LogP contribution in [-0.4, -0.2) is 234 Å². The smallest absolute Gasteiger partial charge is 0.410 e. The Kier molecular flexibility index (Phi) is 33.7. The molecule has 6 saturated heterocycles. The highest BCUT2D eigenvalue weighted by Gasteiger charge is 2.36. The first-order valence-corrected chi connectivity index (χ1v) is 42.3. The summed E-state index contributed by atoms with van der Waals surface area (Å²) in [4.78, 5) is 117. The summed E-state index contributed by atoms with van der Waals surface area (Å²) in [5, 5.41) is 18.7. The summed E-state index contributed by atoms with van der Waals surface area (Å²) in [6.45, 7) is 32.0. The van der Waals surface area contributed by atoms with Gasteiger partial charge >= 0.3 is 18.3 Å². The summed E-state index contributed by atoms with van der Waals surface area (Å²) in [6, 6.07) is 19.1. The summed E-state index contributed by atoms with van der Waals surface area (Å²) in [7, 11) is 0. The number of nitrogens with one attached hydrogen (secondary N) is 6. The van der Waals surface area contributed by atoms with Crippen molar-refractivity contribution in [2.45, 2.75) is 155 Å². The first-order chi connectivity index (χ1) is 59.9. The number of hydrogen-bond donors (Lipinski definition) is 6. The van der Waals surface area contributed by atoms with Crippen LogP contribution < -0.4 is 46.6 Å². The number of hydrogen-bond acceptors (Lipinski definition) is 24. The van der Waals surface area contributed by atoms with E-state index in [1.807, 2.05) is 83.1 Å². The van der Waals surface area contributed by atoms with Gasteiger partial charge < -0.3 is 89.7 Å². The van der Waals surface area contributed by atoms with Crippen LogP contribution in [-0.2, 0) is 28.4 Å². The molecule has 0 radical (unpaired) electrons. The molecule has 3 aromatic heterocycles. The van der Waals surface area contributed by atoms with Gasteiger partial charge in [-0.15, -0.1) is 0 Å². The number of ether oxygens (including phenoxy) is 6. The largest absolute Gasteiger partial charge is 0.444 e. The number of halogens is 6. The molecule has 0 saturated carbocycles. The van der Waals surface area contributed by atoms with E-state index < -0.39 is 88.1 Å². The minimum atomic E-state index is -0.962. The number of carbonyl (C=O) groups excluding carboxylic acids is 6. The summed E-state index contributed by atoms with van der Waals surface area (Å²) in [5.41, 5.74) is 5.83. The van der Waals surface area contributed by atoms with Crippen LogP contribution in [0.15, 0.2) is 110 Å². The van der Waals surface area contributed by atoms with E-state index in [1.54, 1.807) is 69.7 Å². The van der Waals surface area contributed by atoms with Crippen molar-refractivity contribution in [2.75, 3.05) is 149 Å². The molecular formula is C90H114F6N18O12S3. The Bertz CT molecular complexity index is 4970. The van der Waals surface area contributed by atoms with Crippen LogP contribution in [0.4, 0.5) is 75.2 Å². The Labute approximate surface area is 766 Å². The molecule has 3 unspecified atom stereocenters. The second-order valence-corrected chi connectivity index (χ2v) is 34.9. The van der Waals surface area contributed by atoms with Gasteiger partial charge in [0, 0.05) is 165 Å². The highest BCUT2D eigenvalue weighted by molar-refractivity contribution is 7.59. The van der Waals surface area contributed by atoms with Crippen molar-refractivity contribution in [3.63, 3.8) is 0 Å². The third-order valence-electron chi connectivity index (χ3n) is 21.6. The molecule has 9 aromatic rings. The summed E-state index contributed by atoms with van der Waals surface area (Å²) in [6.07, 6.45) is 5.63. The molecule has 6 aliphatic heterocycles. The zero-order valence-corrected chi connectivity index (χ0v) is 77.2. The van der Waals surface area contributed by atoms with E-state index in [9.17, 15) is 55.1 Å². The van der Waals surface area contributed by atoms with Gasteiger partial charge in [0.1, 0.15) is 34.3 Å². The van der Waals surface area contributed by atoms with Crippen LogP contribution in [0.1, 0.15) is 168 Å². The minimum Gasteiger partial charge on any atom is -0.444 e. The van der Waals surface area contributed by atoms with E-state index in [0.29, 0.717) is 238 Å². The molecule has 6 fully saturated rings. The van der Waals surface area contributed by atoms with Gasteiger partial charge in [0.15, 0.2) is 34.9 Å². The van der Waals surface area contributed by atoms with E-state index in [-0.39, 0.29) is 76.3 Å². The summed E-state index contributed by atoms with van der Waals surface area (Å²) in [5.74, 6) is -4.55. The van der Waals surface area contributed by atoms with Crippen molar-refractivity contribution in [1.29, 1.82) is 0 Å². The third kappa shape index (κ3) is 26.6. The van der Waals surface area contributed by atoms with E-state index in [2.05, 4.69) is 61.6 Å². The van der Waals surface area contributed by atoms with Crippen LogP contribution in [0.5, 0.6) is 0 Å². The molecule has 696 valence electrons. The molecule has 0 aliphatic carbocycles. The molecule has 39 heteroatoms. The lowest BCUT2D eigenvalue weighted by atomic mass is 10.0. The maximum absolute atomic E-state index is 13.9. The molecule has 129 heavy (non-hydrogen) atoms. The quantitative estimate of drug-likeness (QED) is 0.0343. The first-order valence-electron chi connectivity index (χ1n) is 42.3. The third-order valence-corrected chi connectivity index (χ3v) is 21.6. The zero-order chi connectivity index (χ0) is 90.1. The highest BCUT2D eigenvalue weighted by atomic mass is 32.1. The van der Waals surface area contributed by atoms with E-state index in [4.69, 9.17) is 43.4 Å². The van der Waals surface area contributed by atoms with Crippen molar-refractivity contribution in [3.05, 3.63) is 178 Å². The van der Waals surface area contributed by atoms with Crippen molar-refractivity contribution in [2.24, 2.45) is 0 Å². The van der Waals surface area contributed by atoms with Gasteiger partial charge in [0.25, 0.3) is 17.7 Å². The Morgan fingerprint density at radius 3 is 0.845 bits per heavy atom. The van der Waals surface area contributed by atoms with Crippen molar-refractivity contribution < 1.29 is 83.5 Å². The number of morpholine rings is 3. The molecular weight excluding hydrogens is 1740 g/mol. The van der Waals surface area contributed by atoms with Gasteiger partial charge in [-0.1, -0.05) is 0 Å². The lowest BCUT2D eigenvalue weighted by Gasteiger charge is -2.28. The molecule has 6 aliphatic rings. The Balaban J connectivity index is 0.000000199. The number of aromatic nitrogens is 6. The highest BCUT2D eigenvalue weighted by Crippen LogP contribution is 2.35. The topological polar surface area (TPSA) is 327 Å². The minimum absolute atomic E-state index is 0. The van der Waals surface area contributed by atoms with Gasteiger partial charge in [-0.3, -0.25) is 29.3 Å². The lowest BCUT2D eigenvalue weighted by molar-refractivity contribution is 0.0280. The summed E-state index contributed by atoms with van der Waals surface area (Å²) >= 11 is 0. The molecule has 0 bridgehead atoms. The number of anilines is 6. The van der Waals surface area contributed by atoms with Crippen molar-refractivity contribution in [3.8, 4) is 0 Å². The van der Waals surface area contributed by atoms with Gasteiger partial charge in [0.2, 0.25) is 0 Å². The fraction of sp³-hybridized carbons (Fsp3) is 0.467. The zero-order valence-electron chi connectivity index (χ0n) is 74.2. The molecule has 0 spiro atoms. The van der Waals surface area contributed by atoms with E-state index in [0.717, 1.165) is 36.4 Å². The van der Waals surface area contributed by atoms with Crippen molar-refractivity contribution >= 4 is 144 Å². The number of carbonyl (C=O) groups is 6. The first kappa shape index (κ1) is 100. The molecule has 15 rings (SSSR count). The standard InChI is InChI=1S/3C30H36F2N6O4.3H2S/c3*1-18(34-20-5-6-23(31)24(32)15-20)22-13-19(14-25-27(22)36-26(16-33-25)37-9-11-41-12-10-37)28(39)35-21-7-8-38(17-21)29(40)42-30(2,3)4;;;/h3*5-6,13-16,18,21,34H,7-12,17H2,1-4H3,(H,35,39);3*1H2/t3*18?,21-;;;/m000.../s1. The number of benzene rings is 6. The van der Waals surface area contributed by atoms with Gasteiger partial charge in [-0.25, -0.2) is 55.7 Å². The van der Waals surface area contributed by atoms with Crippen LogP contribution >= 0.6 is 40.5 Å². The maximum atomic E-state index is 13.9. The summed E-state index contributed by atoms with van der Waals surface area (Å²) < 4.78 is 115. The normalized spacial score (nSPS) is 17.8. The van der Waals surface area contributed by atoms with E-state index in [1.165, 1.54) is 18.2 Å². The molecule has 6 amide bonds. The molecule has 9 heterocycles. The van der Waals surface area contributed by atoms with Gasteiger partial charge in [-0.2, -0.15) is 40.5 Å². The van der Waals surface area contributed by atoms with Gasteiger partial charge in [-0.05, 0) is 175 Å². The van der Waals surface area contributed by atoms with Crippen LogP contribution in [0.3, 0.4) is 0 Å². The molecule has 6 aromatic carbocycles. The number of fused-ring (bicyclic) bond motifs is 3. The van der Waals surface area contributed by atoms with Gasteiger partial charge in [0.05, 0.1) is 109 Å². The average Bonchev–Trinajstić information content (AvgIpc) is 0.955. The fourth-order valence-corrected chi connectivity index (χ4v) is 15.3. The Hall–Kier alpha value is -11.1. The second kappa shape index (κ2) is 43.5. The second-order valence-electron chi connectivity index (χ2n) is 34.9. The Morgan fingerprint density at radius 1 is 0.364 bits per heavy atom. The van der Waals surface area contributed by atoms with Crippen LogP contribution in [0, 0.1) is 34.9 Å². The monoisotopic (exact) mass is 1850 g/mol.